The number of nitrogens with one attached hydrogen (secondary N) is 2. The Bertz CT molecular complexity index is 875. The van der Waals surface area contributed by atoms with Crippen molar-refractivity contribution in [1.82, 2.24) is 15.5 Å². The van der Waals surface area contributed by atoms with Gasteiger partial charge in [0.05, 0.1) is 16.1 Å². The summed E-state index contributed by atoms with van der Waals surface area (Å²) in [6.45, 7) is 4.13. The first-order valence-corrected chi connectivity index (χ1v) is 10.5. The Morgan fingerprint density at radius 2 is 1.83 bits per heavy atom. The molecule has 154 valence electrons. The van der Waals surface area contributed by atoms with E-state index in [4.69, 9.17) is 23.2 Å². The fourth-order valence-corrected chi connectivity index (χ4v) is 3.69. The van der Waals surface area contributed by atoms with Gasteiger partial charge >= 0.3 is 0 Å². The number of fused-ring (bicyclic) bond motifs is 1. The van der Waals surface area contributed by atoms with Crippen LogP contribution < -0.4 is 10.6 Å². The van der Waals surface area contributed by atoms with E-state index in [1.807, 2.05) is 36.1 Å². The number of amides is 1. The lowest BCUT2D eigenvalue weighted by Crippen LogP contribution is -2.39. The molecule has 1 amide bonds. The molecule has 0 bridgehead atoms. The molecule has 0 radical (unpaired) electrons. The average Bonchev–Trinajstić information content (AvgIpc) is 3.16. The first-order chi connectivity index (χ1) is 14.0. The zero-order chi connectivity index (χ0) is 20.8. The third-order valence-electron chi connectivity index (χ3n) is 5.07. The molecule has 2 aromatic rings. The van der Waals surface area contributed by atoms with Gasteiger partial charge in [-0.25, -0.2) is 0 Å². The van der Waals surface area contributed by atoms with Crippen molar-refractivity contribution >= 4 is 35.1 Å². The van der Waals surface area contributed by atoms with Gasteiger partial charge in [0.25, 0.3) is 0 Å². The van der Waals surface area contributed by atoms with E-state index in [2.05, 4.69) is 27.8 Å². The SMILES string of the molecule is CN=C(NCCCC(=O)N1Cc2ccccc2C1)NC(C)c1ccc(Cl)c(Cl)c1. The molecule has 2 aromatic carbocycles. The van der Waals surface area contributed by atoms with Gasteiger partial charge in [-0.1, -0.05) is 53.5 Å². The van der Waals surface area contributed by atoms with Crippen LogP contribution in [-0.4, -0.2) is 30.4 Å². The zero-order valence-corrected chi connectivity index (χ0v) is 18.2. The summed E-state index contributed by atoms with van der Waals surface area (Å²) in [7, 11) is 1.73. The Hall–Kier alpha value is -2.24. The van der Waals surface area contributed by atoms with Gasteiger partial charge in [0.15, 0.2) is 5.96 Å². The quantitative estimate of drug-likeness (QED) is 0.400. The summed E-state index contributed by atoms with van der Waals surface area (Å²) in [5.74, 6) is 0.875. The Morgan fingerprint density at radius 3 is 2.45 bits per heavy atom. The summed E-state index contributed by atoms with van der Waals surface area (Å²) in [6, 6.07) is 13.8. The number of benzene rings is 2. The van der Waals surface area contributed by atoms with Crippen LogP contribution in [0.15, 0.2) is 47.5 Å². The lowest BCUT2D eigenvalue weighted by Gasteiger charge is -2.19. The lowest BCUT2D eigenvalue weighted by atomic mass is 10.1. The molecule has 0 fully saturated rings. The van der Waals surface area contributed by atoms with Crippen molar-refractivity contribution in [3.63, 3.8) is 0 Å². The number of carbonyl (C=O) groups excluding carboxylic acids is 1. The highest BCUT2D eigenvalue weighted by atomic mass is 35.5. The number of guanidine groups is 1. The highest BCUT2D eigenvalue weighted by Gasteiger charge is 2.22. The minimum Gasteiger partial charge on any atom is -0.356 e. The standard InChI is InChI=1S/C22H26Cl2N4O/c1-15(16-9-10-19(23)20(24)12-16)27-22(25-2)26-11-5-8-21(29)28-13-17-6-3-4-7-18(17)14-28/h3-4,6-7,9-10,12,15H,5,8,11,13-14H2,1-2H3,(H2,25,26,27). The second-order valence-corrected chi connectivity index (χ2v) is 7.98. The van der Waals surface area contributed by atoms with Crippen LogP contribution in [-0.2, 0) is 17.9 Å². The Morgan fingerprint density at radius 1 is 1.14 bits per heavy atom. The van der Waals surface area contributed by atoms with Crippen molar-refractivity contribution in [2.24, 2.45) is 4.99 Å². The van der Waals surface area contributed by atoms with Crippen molar-refractivity contribution in [3.05, 3.63) is 69.2 Å². The van der Waals surface area contributed by atoms with Crippen molar-refractivity contribution in [2.75, 3.05) is 13.6 Å². The molecule has 29 heavy (non-hydrogen) atoms. The predicted molar refractivity (Wildman–Crippen MR) is 119 cm³/mol. The highest BCUT2D eigenvalue weighted by Crippen LogP contribution is 2.25. The summed E-state index contributed by atoms with van der Waals surface area (Å²) < 4.78 is 0. The summed E-state index contributed by atoms with van der Waals surface area (Å²) in [6.07, 6.45) is 1.26. The van der Waals surface area contributed by atoms with Crippen LogP contribution in [0, 0.1) is 0 Å². The van der Waals surface area contributed by atoms with E-state index in [1.54, 1.807) is 13.1 Å². The van der Waals surface area contributed by atoms with Crippen LogP contribution in [0.25, 0.3) is 0 Å². The monoisotopic (exact) mass is 432 g/mol. The smallest absolute Gasteiger partial charge is 0.223 e. The van der Waals surface area contributed by atoms with Gasteiger partial charge in [-0.3, -0.25) is 9.79 Å². The summed E-state index contributed by atoms with van der Waals surface area (Å²) >= 11 is 12.1. The predicted octanol–water partition coefficient (Wildman–Crippen LogP) is 4.54. The first kappa shape index (κ1) is 21.5. The minimum absolute atomic E-state index is 0.0145. The molecule has 1 aliphatic rings. The molecule has 3 rings (SSSR count). The molecule has 1 heterocycles. The summed E-state index contributed by atoms with van der Waals surface area (Å²) in [5, 5.41) is 7.66. The van der Waals surface area contributed by atoms with Crippen LogP contribution in [0.1, 0.15) is 42.5 Å². The van der Waals surface area contributed by atoms with Gasteiger partial charge in [-0.2, -0.15) is 0 Å². The lowest BCUT2D eigenvalue weighted by molar-refractivity contribution is -0.131. The maximum Gasteiger partial charge on any atom is 0.223 e. The molecule has 0 aliphatic carbocycles. The molecule has 1 unspecified atom stereocenters. The highest BCUT2D eigenvalue weighted by molar-refractivity contribution is 6.42. The maximum atomic E-state index is 12.5. The number of aliphatic imine (C=N–C) groups is 1. The van der Waals surface area contributed by atoms with E-state index in [0.29, 0.717) is 42.1 Å². The van der Waals surface area contributed by atoms with Crippen LogP contribution in [0.5, 0.6) is 0 Å². The van der Waals surface area contributed by atoms with E-state index in [-0.39, 0.29) is 11.9 Å². The first-order valence-electron chi connectivity index (χ1n) is 9.74. The number of halogens is 2. The topological polar surface area (TPSA) is 56.7 Å². The Kier molecular flexibility index (Phi) is 7.40. The number of nitrogens with zero attached hydrogens (tertiary/aromatic N) is 2. The van der Waals surface area contributed by atoms with E-state index in [9.17, 15) is 4.79 Å². The fourth-order valence-electron chi connectivity index (χ4n) is 3.38. The van der Waals surface area contributed by atoms with Gasteiger partial charge in [0, 0.05) is 33.1 Å². The van der Waals surface area contributed by atoms with Crippen molar-refractivity contribution in [2.45, 2.75) is 38.9 Å². The molecule has 1 aliphatic heterocycles. The molecule has 2 N–H and O–H groups in total. The molecular weight excluding hydrogens is 407 g/mol. The molecule has 0 saturated heterocycles. The second kappa shape index (κ2) is 9.99. The average molecular weight is 433 g/mol. The maximum absolute atomic E-state index is 12.5. The summed E-state index contributed by atoms with van der Waals surface area (Å²) in [4.78, 5) is 18.7. The molecule has 0 aromatic heterocycles. The molecule has 0 spiro atoms. The normalized spacial score (nSPS) is 14.5. The van der Waals surface area contributed by atoms with Crippen LogP contribution in [0.2, 0.25) is 10.0 Å². The number of carbonyl (C=O) groups is 1. The summed E-state index contributed by atoms with van der Waals surface area (Å²) in [5.41, 5.74) is 3.52. The van der Waals surface area contributed by atoms with Gasteiger partial charge in [-0.15, -0.1) is 0 Å². The number of hydrogen-bond donors (Lipinski definition) is 2. The van der Waals surface area contributed by atoms with Crippen molar-refractivity contribution < 1.29 is 4.79 Å². The second-order valence-electron chi connectivity index (χ2n) is 7.16. The minimum atomic E-state index is 0.0145. The molecule has 7 heteroatoms. The van der Waals surface area contributed by atoms with E-state index in [0.717, 1.165) is 12.0 Å². The number of rotatable bonds is 6. The van der Waals surface area contributed by atoms with Crippen LogP contribution >= 0.6 is 23.2 Å². The van der Waals surface area contributed by atoms with Crippen molar-refractivity contribution in [1.29, 1.82) is 0 Å². The molecular formula is C22H26Cl2N4O. The molecule has 0 saturated carbocycles. The molecule has 5 nitrogen and oxygen atoms in total. The van der Waals surface area contributed by atoms with E-state index < -0.39 is 0 Å². The number of hydrogen-bond acceptors (Lipinski definition) is 2. The zero-order valence-electron chi connectivity index (χ0n) is 16.7. The Balaban J connectivity index is 1.41. The van der Waals surface area contributed by atoms with Gasteiger partial charge in [0.2, 0.25) is 5.91 Å². The largest absolute Gasteiger partial charge is 0.356 e. The molecule has 1 atom stereocenters. The van der Waals surface area contributed by atoms with Gasteiger partial charge < -0.3 is 15.5 Å². The van der Waals surface area contributed by atoms with E-state index >= 15 is 0 Å². The third-order valence-corrected chi connectivity index (χ3v) is 5.81. The van der Waals surface area contributed by atoms with Gasteiger partial charge in [-0.05, 0) is 42.2 Å². The van der Waals surface area contributed by atoms with Crippen molar-refractivity contribution in [3.8, 4) is 0 Å². The van der Waals surface area contributed by atoms with Gasteiger partial charge in [0.1, 0.15) is 0 Å². The third kappa shape index (κ3) is 5.64. The fraction of sp³-hybridized carbons (Fsp3) is 0.364. The van der Waals surface area contributed by atoms with Crippen LogP contribution in [0.4, 0.5) is 0 Å². The van der Waals surface area contributed by atoms with E-state index in [1.165, 1.54) is 11.1 Å². The Labute approximate surface area is 182 Å². The van der Waals surface area contributed by atoms with Crippen LogP contribution in [0.3, 0.4) is 0 Å².